The highest BCUT2D eigenvalue weighted by atomic mass is 16.2. The number of piperidine rings is 1. The quantitative estimate of drug-likeness (QED) is 0.730. The van der Waals surface area contributed by atoms with Crippen molar-refractivity contribution in [3.05, 3.63) is 11.4 Å². The molecule has 0 bridgehead atoms. The summed E-state index contributed by atoms with van der Waals surface area (Å²) in [5.74, 6) is 0.161. The van der Waals surface area contributed by atoms with Gasteiger partial charge in [0.1, 0.15) is 0 Å². The highest BCUT2D eigenvalue weighted by Gasteiger charge is 2.59. The molecular formula is C18H28N6O2. The minimum Gasteiger partial charge on any atom is -0.352 e. The Kier molecular flexibility index (Phi) is 4.46. The van der Waals surface area contributed by atoms with E-state index in [-0.39, 0.29) is 35.2 Å². The lowest BCUT2D eigenvalue weighted by molar-refractivity contribution is -0.133. The SMILES string of the molecule is Cc1n[nH]nc1C(=O)NC1CC(NC(=O)C2CCN(C)CC2)C12CCC2. The number of rotatable bonds is 4. The molecular weight excluding hydrogens is 332 g/mol. The van der Waals surface area contributed by atoms with E-state index in [0.717, 1.165) is 51.6 Å². The first-order chi connectivity index (χ1) is 12.5. The molecule has 1 spiro atoms. The first-order valence-electron chi connectivity index (χ1n) is 9.67. The third kappa shape index (κ3) is 2.90. The zero-order valence-electron chi connectivity index (χ0n) is 15.5. The molecule has 2 unspecified atom stereocenters. The number of hydrogen-bond acceptors (Lipinski definition) is 5. The average molecular weight is 360 g/mol. The Labute approximate surface area is 153 Å². The van der Waals surface area contributed by atoms with Gasteiger partial charge in [0.2, 0.25) is 5.91 Å². The van der Waals surface area contributed by atoms with Crippen molar-refractivity contribution in [3.8, 4) is 0 Å². The van der Waals surface area contributed by atoms with E-state index in [1.54, 1.807) is 6.92 Å². The number of carbonyl (C=O) groups is 2. The van der Waals surface area contributed by atoms with Crippen LogP contribution in [0.4, 0.5) is 0 Å². The summed E-state index contributed by atoms with van der Waals surface area (Å²) in [5.41, 5.74) is 1.00. The molecule has 2 aliphatic carbocycles. The van der Waals surface area contributed by atoms with E-state index in [2.05, 4.69) is 38.0 Å². The second-order valence-corrected chi connectivity index (χ2v) is 8.24. The monoisotopic (exact) mass is 360 g/mol. The number of carbonyl (C=O) groups excluding carboxylic acids is 2. The van der Waals surface area contributed by atoms with E-state index in [1.807, 2.05) is 0 Å². The van der Waals surface area contributed by atoms with Gasteiger partial charge in [0.05, 0.1) is 5.69 Å². The van der Waals surface area contributed by atoms with Crippen molar-refractivity contribution in [2.75, 3.05) is 20.1 Å². The molecule has 4 rings (SSSR count). The van der Waals surface area contributed by atoms with E-state index in [1.165, 1.54) is 0 Å². The summed E-state index contributed by atoms with van der Waals surface area (Å²) in [5, 5.41) is 16.8. The van der Waals surface area contributed by atoms with Crippen LogP contribution in [0.2, 0.25) is 0 Å². The number of likely N-dealkylation sites (tertiary alicyclic amines) is 1. The fraction of sp³-hybridized carbons (Fsp3) is 0.778. The van der Waals surface area contributed by atoms with Gasteiger partial charge in [-0.25, -0.2) is 0 Å². The van der Waals surface area contributed by atoms with Gasteiger partial charge in [0.15, 0.2) is 5.69 Å². The van der Waals surface area contributed by atoms with Crippen LogP contribution < -0.4 is 10.6 Å². The third-order valence-corrected chi connectivity index (χ3v) is 6.79. The van der Waals surface area contributed by atoms with Crippen molar-refractivity contribution in [3.63, 3.8) is 0 Å². The number of nitrogens with zero attached hydrogens (tertiary/aromatic N) is 3. The fourth-order valence-electron chi connectivity index (χ4n) is 4.76. The zero-order valence-corrected chi connectivity index (χ0v) is 15.5. The summed E-state index contributed by atoms with van der Waals surface area (Å²) in [6, 6.07) is 0.301. The molecule has 142 valence electrons. The molecule has 1 aromatic rings. The predicted molar refractivity (Wildman–Crippen MR) is 95.4 cm³/mol. The Balaban J connectivity index is 1.34. The molecule has 2 amide bonds. The lowest BCUT2D eigenvalue weighted by Crippen LogP contribution is -2.72. The van der Waals surface area contributed by atoms with Crippen molar-refractivity contribution in [1.82, 2.24) is 30.9 Å². The van der Waals surface area contributed by atoms with E-state index in [4.69, 9.17) is 0 Å². The van der Waals surface area contributed by atoms with Crippen molar-refractivity contribution < 1.29 is 9.59 Å². The molecule has 1 saturated heterocycles. The van der Waals surface area contributed by atoms with Gasteiger partial charge in [-0.15, -0.1) is 0 Å². The molecule has 2 heterocycles. The molecule has 2 atom stereocenters. The van der Waals surface area contributed by atoms with Crippen LogP contribution in [-0.4, -0.2) is 64.3 Å². The normalized spacial score (nSPS) is 28.2. The zero-order chi connectivity index (χ0) is 18.3. The smallest absolute Gasteiger partial charge is 0.273 e. The Morgan fingerprint density at radius 3 is 2.42 bits per heavy atom. The molecule has 3 N–H and O–H groups in total. The molecule has 1 aromatic heterocycles. The Bertz CT molecular complexity index is 690. The lowest BCUT2D eigenvalue weighted by atomic mass is 9.49. The minimum absolute atomic E-state index is 0.0361. The van der Waals surface area contributed by atoms with E-state index >= 15 is 0 Å². The second kappa shape index (κ2) is 6.64. The highest BCUT2D eigenvalue weighted by molar-refractivity contribution is 5.93. The first-order valence-corrected chi connectivity index (χ1v) is 9.67. The van der Waals surface area contributed by atoms with Crippen molar-refractivity contribution in [2.24, 2.45) is 11.3 Å². The van der Waals surface area contributed by atoms with Crippen LogP contribution in [0.5, 0.6) is 0 Å². The van der Waals surface area contributed by atoms with Gasteiger partial charge >= 0.3 is 0 Å². The summed E-state index contributed by atoms with van der Waals surface area (Å²) >= 11 is 0. The van der Waals surface area contributed by atoms with Crippen molar-refractivity contribution in [1.29, 1.82) is 0 Å². The number of amides is 2. The van der Waals surface area contributed by atoms with Crippen LogP contribution in [0.25, 0.3) is 0 Å². The summed E-state index contributed by atoms with van der Waals surface area (Å²) in [6.45, 7) is 3.75. The van der Waals surface area contributed by atoms with Crippen molar-refractivity contribution in [2.45, 2.75) is 57.5 Å². The number of H-pyrrole nitrogens is 1. The summed E-state index contributed by atoms with van der Waals surface area (Å²) in [6.07, 6.45) is 5.97. The Hall–Kier alpha value is -1.96. The highest BCUT2D eigenvalue weighted by Crippen LogP contribution is 2.56. The van der Waals surface area contributed by atoms with E-state index in [0.29, 0.717) is 11.4 Å². The van der Waals surface area contributed by atoms with Crippen molar-refractivity contribution >= 4 is 11.8 Å². The number of nitrogens with one attached hydrogen (secondary N) is 3. The summed E-state index contributed by atoms with van der Waals surface area (Å²) < 4.78 is 0. The molecule has 26 heavy (non-hydrogen) atoms. The topological polar surface area (TPSA) is 103 Å². The maximum absolute atomic E-state index is 12.7. The van der Waals surface area contributed by atoms with Gasteiger partial charge in [0.25, 0.3) is 5.91 Å². The van der Waals surface area contributed by atoms with Gasteiger partial charge in [-0.05, 0) is 59.2 Å². The maximum Gasteiger partial charge on any atom is 0.273 e. The summed E-state index contributed by atoms with van der Waals surface area (Å²) in [4.78, 5) is 27.4. The van der Waals surface area contributed by atoms with Gasteiger partial charge in [0, 0.05) is 23.4 Å². The van der Waals surface area contributed by atoms with Crippen LogP contribution in [0.15, 0.2) is 0 Å². The molecule has 8 heteroatoms. The van der Waals surface area contributed by atoms with Gasteiger partial charge in [-0.1, -0.05) is 6.42 Å². The maximum atomic E-state index is 12.7. The molecule has 2 saturated carbocycles. The number of aryl methyl sites for hydroxylation is 1. The van der Waals surface area contributed by atoms with Gasteiger partial charge < -0.3 is 15.5 Å². The number of aromatic nitrogens is 3. The molecule has 1 aliphatic heterocycles. The molecule has 3 fully saturated rings. The van der Waals surface area contributed by atoms with Crippen LogP contribution in [-0.2, 0) is 4.79 Å². The number of aromatic amines is 1. The van der Waals surface area contributed by atoms with Gasteiger partial charge in [-0.2, -0.15) is 15.4 Å². The molecule has 0 aromatic carbocycles. The largest absolute Gasteiger partial charge is 0.352 e. The molecule has 8 nitrogen and oxygen atoms in total. The minimum atomic E-state index is -0.174. The van der Waals surface area contributed by atoms with Gasteiger partial charge in [-0.3, -0.25) is 9.59 Å². The summed E-state index contributed by atoms with van der Waals surface area (Å²) in [7, 11) is 2.10. The fourth-order valence-corrected chi connectivity index (χ4v) is 4.76. The third-order valence-electron chi connectivity index (χ3n) is 6.79. The van der Waals surface area contributed by atoms with E-state index < -0.39 is 0 Å². The van der Waals surface area contributed by atoms with Crippen LogP contribution in [0.3, 0.4) is 0 Å². The van der Waals surface area contributed by atoms with Crippen LogP contribution >= 0.6 is 0 Å². The predicted octanol–water partition coefficient (Wildman–Crippen LogP) is 0.612. The molecule has 0 radical (unpaired) electrons. The standard InChI is InChI=1S/C18H28N6O2/c1-11-15(22-23-21-11)17(26)20-14-10-13(18(14)6-3-7-18)19-16(25)12-4-8-24(2)9-5-12/h12-14H,3-10H2,1-2H3,(H,19,25)(H,20,26)(H,21,22,23). The van der Waals surface area contributed by atoms with Crippen LogP contribution in [0.1, 0.15) is 54.7 Å². The lowest BCUT2D eigenvalue weighted by Gasteiger charge is -2.61. The second-order valence-electron chi connectivity index (χ2n) is 8.24. The van der Waals surface area contributed by atoms with Crippen LogP contribution in [0, 0.1) is 18.3 Å². The average Bonchev–Trinajstić information content (AvgIpc) is 2.98. The molecule has 3 aliphatic rings. The van der Waals surface area contributed by atoms with E-state index in [9.17, 15) is 9.59 Å². The Morgan fingerprint density at radius 1 is 1.15 bits per heavy atom. The number of hydrogen-bond donors (Lipinski definition) is 3. The Morgan fingerprint density at radius 2 is 1.85 bits per heavy atom. The first kappa shape index (κ1) is 17.5.